The first-order chi connectivity index (χ1) is 8.66. The van der Waals surface area contributed by atoms with Crippen LogP contribution >= 0.6 is 34.5 Å². The zero-order valence-electron chi connectivity index (χ0n) is 9.44. The van der Waals surface area contributed by atoms with Gasteiger partial charge in [0.2, 0.25) is 0 Å². The minimum atomic E-state index is 0.0148. The number of nitrogens with zero attached hydrogens (tertiary/aromatic N) is 1. The van der Waals surface area contributed by atoms with Crippen LogP contribution in [0.25, 0.3) is 0 Å². The molecule has 1 heterocycles. The molecular weight excluding hydrogens is 289 g/mol. The van der Waals surface area contributed by atoms with Crippen LogP contribution in [0.4, 0.5) is 0 Å². The Bertz CT molecular complexity index is 552. The molecule has 0 aliphatic carbocycles. The molecule has 0 atom stereocenters. The van der Waals surface area contributed by atoms with Gasteiger partial charge in [0.25, 0.3) is 0 Å². The summed E-state index contributed by atoms with van der Waals surface area (Å²) in [6, 6.07) is 7.24. The number of benzene rings is 1. The van der Waals surface area contributed by atoms with Gasteiger partial charge in [0.15, 0.2) is 0 Å². The molecule has 0 unspecified atom stereocenters. The summed E-state index contributed by atoms with van der Waals surface area (Å²) in [5.74, 6) is 0.0148. The maximum absolute atomic E-state index is 9.73. The van der Waals surface area contributed by atoms with Crippen molar-refractivity contribution in [1.82, 2.24) is 0 Å². The molecule has 2 aromatic rings. The highest BCUT2D eigenvalue weighted by Gasteiger charge is 2.05. The van der Waals surface area contributed by atoms with E-state index in [1.807, 2.05) is 11.4 Å². The average molecular weight is 300 g/mol. The zero-order chi connectivity index (χ0) is 13.0. The second kappa shape index (κ2) is 6.23. The van der Waals surface area contributed by atoms with E-state index in [2.05, 4.69) is 11.1 Å². The van der Waals surface area contributed by atoms with Crippen molar-refractivity contribution in [1.29, 1.82) is 0 Å². The third kappa shape index (κ3) is 3.48. The van der Waals surface area contributed by atoms with E-state index in [-0.39, 0.29) is 10.8 Å². The first kappa shape index (κ1) is 13.4. The molecule has 2 nitrogen and oxygen atoms in total. The lowest BCUT2D eigenvalue weighted by Crippen LogP contribution is -1.89. The van der Waals surface area contributed by atoms with Crippen molar-refractivity contribution in [2.75, 3.05) is 6.54 Å². The average Bonchev–Trinajstić information content (AvgIpc) is 2.83. The van der Waals surface area contributed by atoms with Crippen molar-refractivity contribution in [2.45, 2.75) is 6.42 Å². The van der Waals surface area contributed by atoms with E-state index in [1.54, 1.807) is 23.6 Å². The molecule has 0 saturated heterocycles. The summed E-state index contributed by atoms with van der Waals surface area (Å²) in [6.45, 7) is 0.671. The Morgan fingerprint density at radius 1 is 1.33 bits per heavy atom. The van der Waals surface area contributed by atoms with Crippen LogP contribution in [0, 0.1) is 0 Å². The Kier molecular flexibility index (Phi) is 4.64. The summed E-state index contributed by atoms with van der Waals surface area (Å²) in [5, 5.41) is 12.5. The number of halogens is 2. The Labute approximate surface area is 120 Å². The van der Waals surface area contributed by atoms with Gasteiger partial charge in [-0.3, -0.25) is 4.99 Å². The summed E-state index contributed by atoms with van der Waals surface area (Å²) < 4.78 is 0. The van der Waals surface area contributed by atoms with Crippen molar-refractivity contribution in [2.24, 2.45) is 4.99 Å². The third-order valence-electron chi connectivity index (χ3n) is 2.36. The zero-order valence-corrected chi connectivity index (χ0v) is 11.8. The predicted octanol–water partition coefficient (Wildman–Crippen LogP) is 4.42. The van der Waals surface area contributed by atoms with Crippen molar-refractivity contribution in [3.05, 3.63) is 50.1 Å². The highest BCUT2D eigenvalue weighted by atomic mass is 35.5. The minimum absolute atomic E-state index is 0.0148. The van der Waals surface area contributed by atoms with Crippen molar-refractivity contribution in [3.8, 4) is 5.75 Å². The van der Waals surface area contributed by atoms with E-state index in [9.17, 15) is 5.11 Å². The van der Waals surface area contributed by atoms with Gasteiger partial charge in [-0.1, -0.05) is 29.3 Å². The number of hydrogen-bond donors (Lipinski definition) is 1. The molecule has 0 spiro atoms. The topological polar surface area (TPSA) is 32.6 Å². The molecule has 0 aliphatic rings. The van der Waals surface area contributed by atoms with E-state index in [4.69, 9.17) is 23.2 Å². The van der Waals surface area contributed by atoms with Gasteiger partial charge in [-0.15, -0.1) is 11.3 Å². The molecule has 5 heteroatoms. The summed E-state index contributed by atoms with van der Waals surface area (Å²) in [6.07, 6.45) is 2.49. The highest BCUT2D eigenvalue weighted by molar-refractivity contribution is 7.09. The van der Waals surface area contributed by atoms with E-state index in [1.165, 1.54) is 10.9 Å². The molecule has 18 heavy (non-hydrogen) atoms. The standard InChI is InChI=1S/C13H11Cl2NOS/c14-10-6-9(13(17)12(15)7-10)8-16-4-3-11-2-1-5-18-11/h1-2,5-8,17H,3-4H2. The number of rotatable bonds is 4. The molecular formula is C13H11Cl2NOS. The van der Waals surface area contributed by atoms with Gasteiger partial charge in [0.05, 0.1) is 5.02 Å². The fraction of sp³-hybridized carbons (Fsp3) is 0.154. The molecule has 0 fully saturated rings. The Balaban J connectivity index is 2.00. The Morgan fingerprint density at radius 3 is 2.89 bits per heavy atom. The van der Waals surface area contributed by atoms with Crippen molar-refractivity contribution >= 4 is 40.8 Å². The van der Waals surface area contributed by atoms with Gasteiger partial charge in [-0.25, -0.2) is 0 Å². The van der Waals surface area contributed by atoms with Gasteiger partial charge >= 0.3 is 0 Å². The molecule has 0 saturated carbocycles. The van der Waals surface area contributed by atoms with Gasteiger partial charge in [-0.05, 0) is 23.6 Å². The number of hydrogen-bond acceptors (Lipinski definition) is 3. The maximum Gasteiger partial charge on any atom is 0.143 e. The number of phenolic OH excluding ortho intramolecular Hbond substituents is 1. The second-order valence-electron chi connectivity index (χ2n) is 3.69. The van der Waals surface area contributed by atoms with Crippen LogP contribution in [0.3, 0.4) is 0 Å². The van der Waals surface area contributed by atoms with Crippen LogP contribution in [-0.2, 0) is 6.42 Å². The number of thiophene rings is 1. The molecule has 0 radical (unpaired) electrons. The fourth-order valence-corrected chi connectivity index (χ4v) is 2.68. The molecule has 0 bridgehead atoms. The van der Waals surface area contributed by atoms with Crippen LogP contribution in [0.1, 0.15) is 10.4 Å². The SMILES string of the molecule is Oc1c(Cl)cc(Cl)cc1C=NCCc1cccs1. The van der Waals surface area contributed by atoms with Gasteiger partial charge in [0.1, 0.15) is 5.75 Å². The molecule has 1 aromatic carbocycles. The monoisotopic (exact) mass is 299 g/mol. The van der Waals surface area contributed by atoms with Crippen molar-refractivity contribution < 1.29 is 5.11 Å². The summed E-state index contributed by atoms with van der Waals surface area (Å²) >= 11 is 13.4. The van der Waals surface area contributed by atoms with Gasteiger partial charge in [0, 0.05) is 34.6 Å². The minimum Gasteiger partial charge on any atom is -0.506 e. The van der Waals surface area contributed by atoms with Crippen LogP contribution in [-0.4, -0.2) is 17.9 Å². The third-order valence-corrected chi connectivity index (χ3v) is 3.80. The maximum atomic E-state index is 9.73. The van der Waals surface area contributed by atoms with E-state index in [0.29, 0.717) is 17.1 Å². The quantitative estimate of drug-likeness (QED) is 0.833. The highest BCUT2D eigenvalue weighted by Crippen LogP contribution is 2.29. The first-order valence-electron chi connectivity index (χ1n) is 5.37. The van der Waals surface area contributed by atoms with Gasteiger partial charge in [-0.2, -0.15) is 0 Å². The van der Waals surface area contributed by atoms with E-state index < -0.39 is 0 Å². The molecule has 0 aliphatic heterocycles. The predicted molar refractivity (Wildman–Crippen MR) is 78.6 cm³/mol. The second-order valence-corrected chi connectivity index (χ2v) is 5.57. The van der Waals surface area contributed by atoms with Crippen LogP contribution < -0.4 is 0 Å². The van der Waals surface area contributed by atoms with Crippen LogP contribution in [0.2, 0.25) is 10.0 Å². The molecule has 94 valence electrons. The van der Waals surface area contributed by atoms with E-state index >= 15 is 0 Å². The number of aromatic hydroxyl groups is 1. The first-order valence-corrected chi connectivity index (χ1v) is 7.00. The Morgan fingerprint density at radius 2 is 2.17 bits per heavy atom. The summed E-state index contributed by atoms with van der Waals surface area (Å²) in [5.41, 5.74) is 0.540. The number of phenols is 1. The Hall–Kier alpha value is -1.03. The summed E-state index contributed by atoms with van der Waals surface area (Å²) in [4.78, 5) is 5.56. The molecule has 2 rings (SSSR count). The van der Waals surface area contributed by atoms with Crippen molar-refractivity contribution in [3.63, 3.8) is 0 Å². The molecule has 0 amide bonds. The lowest BCUT2D eigenvalue weighted by atomic mass is 10.2. The summed E-state index contributed by atoms with van der Waals surface area (Å²) in [7, 11) is 0. The number of aliphatic imine (C=N–C) groups is 1. The largest absolute Gasteiger partial charge is 0.506 e. The smallest absolute Gasteiger partial charge is 0.143 e. The normalized spacial score (nSPS) is 11.2. The van der Waals surface area contributed by atoms with E-state index in [0.717, 1.165) is 6.42 Å². The molecule has 1 aromatic heterocycles. The van der Waals surface area contributed by atoms with Crippen LogP contribution in [0.15, 0.2) is 34.6 Å². The van der Waals surface area contributed by atoms with Crippen LogP contribution in [0.5, 0.6) is 5.75 Å². The lowest BCUT2D eigenvalue weighted by molar-refractivity contribution is 0.474. The fourth-order valence-electron chi connectivity index (χ4n) is 1.48. The van der Waals surface area contributed by atoms with Gasteiger partial charge < -0.3 is 5.11 Å². The lowest BCUT2D eigenvalue weighted by Gasteiger charge is -2.02. The molecule has 1 N–H and O–H groups in total.